The van der Waals surface area contributed by atoms with Crippen LogP contribution in [0.5, 0.6) is 5.75 Å². The van der Waals surface area contributed by atoms with Crippen molar-refractivity contribution in [2.45, 2.75) is 71.4 Å². The lowest BCUT2D eigenvalue weighted by Crippen LogP contribution is -2.62. The third-order valence-corrected chi connectivity index (χ3v) is 10.3. The van der Waals surface area contributed by atoms with Gasteiger partial charge in [-0.2, -0.15) is 4.31 Å². The quantitative estimate of drug-likeness (QED) is 0.232. The highest BCUT2D eigenvalue weighted by Crippen LogP contribution is 2.61. The minimum Gasteiger partial charge on any atom is -0.492 e. The molecule has 238 valence electrons. The molecule has 13 heteroatoms. The minimum atomic E-state index is -4.09. The maximum Gasteiger partial charge on any atom is 0.305 e. The maximum absolute atomic E-state index is 13.5. The van der Waals surface area contributed by atoms with Crippen molar-refractivity contribution < 1.29 is 42.2 Å². The van der Waals surface area contributed by atoms with Crippen LogP contribution in [0.2, 0.25) is 0 Å². The molecule has 0 spiro atoms. The molecule has 3 rings (SSSR count). The molecule has 2 fully saturated rings. The summed E-state index contributed by atoms with van der Waals surface area (Å²) in [4.78, 5) is 64.3. The maximum atomic E-state index is 13.5. The molecule has 4 unspecified atom stereocenters. The van der Waals surface area contributed by atoms with Crippen LogP contribution in [0.15, 0.2) is 30.3 Å². The molecule has 43 heavy (non-hydrogen) atoms. The normalized spacial score (nSPS) is 22.3. The zero-order valence-electron chi connectivity index (χ0n) is 25.4. The van der Waals surface area contributed by atoms with E-state index in [1.165, 1.54) is 0 Å². The Hall–Kier alpha value is -3.32. The fourth-order valence-electron chi connectivity index (χ4n) is 6.50. The molecule has 2 aliphatic carbocycles. The third kappa shape index (κ3) is 7.61. The van der Waals surface area contributed by atoms with Gasteiger partial charge in [0, 0.05) is 18.8 Å². The van der Waals surface area contributed by atoms with E-state index in [9.17, 15) is 37.5 Å². The molecule has 0 aromatic heterocycles. The fourth-order valence-corrected chi connectivity index (χ4v) is 7.86. The largest absolute Gasteiger partial charge is 0.492 e. The van der Waals surface area contributed by atoms with Crippen LogP contribution < -0.4 is 15.4 Å². The molecule has 0 radical (unpaired) electrons. The molecule has 2 aliphatic rings. The topological polar surface area (TPSA) is 176 Å². The summed E-state index contributed by atoms with van der Waals surface area (Å²) in [5.41, 5.74) is -2.14. The first kappa shape index (κ1) is 34.2. The Balaban J connectivity index is 1.70. The number of hydrogen-bond acceptors (Lipinski definition) is 8. The van der Waals surface area contributed by atoms with Crippen molar-refractivity contribution in [1.82, 2.24) is 14.9 Å². The smallest absolute Gasteiger partial charge is 0.305 e. The summed E-state index contributed by atoms with van der Waals surface area (Å²) in [6.07, 6.45) is 1.02. The number of aliphatic carboxylic acids is 1. The molecule has 2 bridgehead atoms. The van der Waals surface area contributed by atoms with Crippen molar-refractivity contribution in [1.29, 1.82) is 0 Å². The number of carbonyl (C=O) groups is 5. The van der Waals surface area contributed by atoms with Gasteiger partial charge < -0.3 is 20.5 Å². The molecule has 1 aromatic rings. The van der Waals surface area contributed by atoms with Crippen LogP contribution in [-0.4, -0.2) is 84.7 Å². The third-order valence-electron chi connectivity index (χ3n) is 9.03. The van der Waals surface area contributed by atoms with Crippen molar-refractivity contribution >= 4 is 39.4 Å². The summed E-state index contributed by atoms with van der Waals surface area (Å²) < 4.78 is 32.5. The Morgan fingerprint density at radius 2 is 1.77 bits per heavy atom. The van der Waals surface area contributed by atoms with Gasteiger partial charge in [-0.3, -0.25) is 24.0 Å². The number of ketones is 2. The molecule has 0 aliphatic heterocycles. The standard InChI is InChI=1S/C30H43N3O9S/c1-19(2)22(16-26(36)31-13-14-42-21-9-7-6-8-10-21)28(39)32-23(17-27(37)38)24(34)18-33(43(5,40)41)30-12-11-20(15-25(30)35)29(30,3)4/h6-10,19-20,22-23H,11-18H2,1-5H3,(H,31,36)(H,32,39)(H,37,38). The first-order valence-electron chi connectivity index (χ1n) is 14.5. The Morgan fingerprint density at radius 1 is 1.12 bits per heavy atom. The lowest BCUT2D eigenvalue weighted by atomic mass is 9.75. The van der Waals surface area contributed by atoms with Gasteiger partial charge in [0.2, 0.25) is 21.8 Å². The van der Waals surface area contributed by atoms with Crippen molar-refractivity contribution in [2.75, 3.05) is 26.0 Å². The van der Waals surface area contributed by atoms with E-state index in [4.69, 9.17) is 4.74 Å². The van der Waals surface area contributed by atoms with E-state index in [0.717, 1.165) is 10.6 Å². The molecule has 4 atom stereocenters. The van der Waals surface area contributed by atoms with Gasteiger partial charge in [-0.1, -0.05) is 45.9 Å². The summed E-state index contributed by atoms with van der Waals surface area (Å²) >= 11 is 0. The van der Waals surface area contributed by atoms with Crippen molar-refractivity contribution in [3.63, 3.8) is 0 Å². The SMILES string of the molecule is CC(C)C(CC(=O)NCCOc1ccccc1)C(=O)NC(CC(=O)O)C(=O)CN(C12CCC(CC1=O)C2(C)C)S(C)(=O)=O. The van der Waals surface area contributed by atoms with Crippen molar-refractivity contribution in [2.24, 2.45) is 23.2 Å². The van der Waals surface area contributed by atoms with Crippen LogP contribution in [0, 0.1) is 23.2 Å². The Morgan fingerprint density at radius 3 is 2.28 bits per heavy atom. The number of rotatable bonds is 16. The number of ether oxygens (including phenoxy) is 1. The number of nitrogens with zero attached hydrogens (tertiary/aromatic N) is 1. The summed E-state index contributed by atoms with van der Waals surface area (Å²) in [7, 11) is -4.09. The second-order valence-electron chi connectivity index (χ2n) is 12.4. The lowest BCUT2D eigenvalue weighted by Gasteiger charge is -2.44. The Kier molecular flexibility index (Phi) is 10.8. The summed E-state index contributed by atoms with van der Waals surface area (Å²) in [6, 6.07) is 7.48. The number of benzene rings is 1. The van der Waals surface area contributed by atoms with E-state index in [1.807, 2.05) is 32.0 Å². The Bertz CT molecular complexity index is 1330. The fraction of sp³-hybridized carbons (Fsp3) is 0.633. The van der Waals surface area contributed by atoms with E-state index in [2.05, 4.69) is 10.6 Å². The van der Waals surface area contributed by atoms with Gasteiger partial charge in [-0.15, -0.1) is 0 Å². The average molecular weight is 622 g/mol. The number of hydrogen-bond donors (Lipinski definition) is 3. The van der Waals surface area contributed by atoms with Gasteiger partial charge >= 0.3 is 5.97 Å². The first-order chi connectivity index (χ1) is 20.0. The van der Waals surface area contributed by atoms with Gasteiger partial charge in [-0.05, 0) is 42.2 Å². The van der Waals surface area contributed by atoms with Crippen molar-refractivity contribution in [3.8, 4) is 5.75 Å². The van der Waals surface area contributed by atoms with Crippen LogP contribution in [0.1, 0.15) is 59.8 Å². The van der Waals surface area contributed by atoms with Crippen LogP contribution in [-0.2, 0) is 34.0 Å². The molecular weight excluding hydrogens is 578 g/mol. The van der Waals surface area contributed by atoms with Gasteiger partial charge in [0.25, 0.3) is 0 Å². The number of fused-ring (bicyclic) bond motifs is 2. The van der Waals surface area contributed by atoms with Crippen LogP contribution >= 0.6 is 0 Å². The first-order valence-corrected chi connectivity index (χ1v) is 16.4. The zero-order valence-corrected chi connectivity index (χ0v) is 26.2. The second-order valence-corrected chi connectivity index (χ2v) is 14.3. The average Bonchev–Trinajstić information content (AvgIpc) is 3.27. The molecule has 1 aromatic carbocycles. The number of carboxylic acids is 1. The van der Waals surface area contributed by atoms with E-state index in [0.29, 0.717) is 12.2 Å². The highest BCUT2D eigenvalue weighted by atomic mass is 32.2. The van der Waals surface area contributed by atoms with Crippen LogP contribution in [0.25, 0.3) is 0 Å². The molecule has 0 heterocycles. The van der Waals surface area contributed by atoms with Gasteiger partial charge in [0.15, 0.2) is 11.6 Å². The second kappa shape index (κ2) is 13.5. The molecule has 0 saturated heterocycles. The monoisotopic (exact) mass is 621 g/mol. The van der Waals surface area contributed by atoms with Crippen molar-refractivity contribution in [3.05, 3.63) is 30.3 Å². The van der Waals surface area contributed by atoms with E-state index in [1.54, 1.807) is 26.0 Å². The number of carbonyl (C=O) groups excluding carboxylic acids is 4. The minimum absolute atomic E-state index is 0.0308. The Labute approximate surface area is 253 Å². The van der Waals surface area contributed by atoms with Crippen LogP contribution in [0.3, 0.4) is 0 Å². The lowest BCUT2D eigenvalue weighted by molar-refractivity contribution is -0.142. The number of nitrogens with one attached hydrogen (secondary N) is 2. The predicted octanol–water partition coefficient (Wildman–Crippen LogP) is 1.78. The number of Topliss-reactive ketones (excluding diaryl/α,β-unsaturated/α-hetero) is 2. The van der Waals surface area contributed by atoms with Gasteiger partial charge in [0.05, 0.1) is 37.3 Å². The molecule has 3 N–H and O–H groups in total. The molecule has 12 nitrogen and oxygen atoms in total. The summed E-state index contributed by atoms with van der Waals surface area (Å²) in [5.74, 6) is -4.23. The predicted molar refractivity (Wildman–Crippen MR) is 157 cm³/mol. The summed E-state index contributed by atoms with van der Waals surface area (Å²) in [5, 5.41) is 14.7. The molecule has 2 amide bonds. The number of para-hydroxylation sites is 1. The molecule has 2 saturated carbocycles. The van der Waals surface area contributed by atoms with E-state index < -0.39 is 69.5 Å². The van der Waals surface area contributed by atoms with Gasteiger partial charge in [-0.25, -0.2) is 8.42 Å². The van der Waals surface area contributed by atoms with E-state index in [-0.39, 0.29) is 50.0 Å². The van der Waals surface area contributed by atoms with Gasteiger partial charge in [0.1, 0.15) is 12.4 Å². The highest BCUT2D eigenvalue weighted by Gasteiger charge is 2.68. The number of carboxylic acid groups (broad SMARTS) is 1. The van der Waals surface area contributed by atoms with E-state index >= 15 is 0 Å². The molecular formula is C30H43N3O9S. The zero-order chi connectivity index (χ0) is 32.2. The van der Waals surface area contributed by atoms with Crippen LogP contribution in [0.4, 0.5) is 0 Å². The highest BCUT2D eigenvalue weighted by molar-refractivity contribution is 7.88. The number of sulfonamides is 1. The summed E-state index contributed by atoms with van der Waals surface area (Å²) in [6.45, 7) is 6.73. The number of amides is 2.